The average molecular weight is 405 g/mol. The highest BCUT2D eigenvalue weighted by atomic mass is 16.5. The number of carbonyl (C=O) groups is 2. The molecule has 1 unspecified atom stereocenters. The lowest BCUT2D eigenvalue weighted by molar-refractivity contribution is -0.120. The Morgan fingerprint density at radius 1 is 1.10 bits per heavy atom. The Hall–Kier alpha value is -3.33. The Bertz CT molecular complexity index is 912. The number of ether oxygens (including phenoxy) is 1. The lowest BCUT2D eigenvalue weighted by Crippen LogP contribution is -2.33. The monoisotopic (exact) mass is 405 g/mol. The molecule has 0 spiro atoms. The number of rotatable bonds is 7. The molecule has 2 aromatic carbocycles. The predicted molar refractivity (Wildman–Crippen MR) is 115 cm³/mol. The minimum absolute atomic E-state index is 0.132. The molecule has 0 saturated carbocycles. The zero-order chi connectivity index (χ0) is 21.3. The quantitative estimate of drug-likeness (QED) is 0.709. The van der Waals surface area contributed by atoms with Crippen LogP contribution < -0.4 is 10.2 Å². The summed E-state index contributed by atoms with van der Waals surface area (Å²) in [6.07, 6.45) is 3.64. The van der Waals surface area contributed by atoms with E-state index in [-0.39, 0.29) is 18.3 Å². The summed E-state index contributed by atoms with van der Waals surface area (Å²) in [6.45, 7) is 4.01. The first-order valence-electron chi connectivity index (χ1n) is 10.4. The number of nitrogens with zero attached hydrogens (tertiary/aromatic N) is 2. The minimum Gasteiger partial charge on any atom is -0.462 e. The maximum absolute atomic E-state index is 12.6. The van der Waals surface area contributed by atoms with Crippen molar-refractivity contribution in [2.75, 3.05) is 24.6 Å². The highest BCUT2D eigenvalue weighted by Crippen LogP contribution is 2.28. The van der Waals surface area contributed by atoms with Crippen molar-refractivity contribution in [3.05, 3.63) is 65.2 Å². The largest absolute Gasteiger partial charge is 0.462 e. The van der Waals surface area contributed by atoms with Gasteiger partial charge in [0.25, 0.3) is 0 Å². The summed E-state index contributed by atoms with van der Waals surface area (Å²) in [5.74, 6) is -0.619. The van der Waals surface area contributed by atoms with E-state index < -0.39 is 6.04 Å². The first-order chi connectivity index (χ1) is 14.6. The van der Waals surface area contributed by atoms with Crippen molar-refractivity contribution in [2.24, 2.45) is 0 Å². The van der Waals surface area contributed by atoms with Gasteiger partial charge in [-0.15, -0.1) is 0 Å². The second-order valence-electron chi connectivity index (χ2n) is 7.33. The molecule has 0 radical (unpaired) electrons. The van der Waals surface area contributed by atoms with Gasteiger partial charge in [0.1, 0.15) is 6.04 Å². The minimum atomic E-state index is -0.713. The molecule has 1 aliphatic rings. The third kappa shape index (κ3) is 5.38. The summed E-state index contributed by atoms with van der Waals surface area (Å²) in [6, 6.07) is 16.1. The fourth-order valence-corrected chi connectivity index (χ4v) is 3.70. The van der Waals surface area contributed by atoms with Gasteiger partial charge in [-0.3, -0.25) is 4.79 Å². The lowest BCUT2D eigenvalue weighted by Gasteiger charge is -2.31. The van der Waals surface area contributed by atoms with Crippen LogP contribution in [0.5, 0.6) is 0 Å². The molecule has 1 amide bonds. The topological polar surface area (TPSA) is 82.4 Å². The number of piperidine rings is 1. The molecule has 1 aliphatic heterocycles. The maximum Gasteiger partial charge on any atom is 0.338 e. The van der Waals surface area contributed by atoms with Crippen LogP contribution in [-0.4, -0.2) is 31.6 Å². The second-order valence-corrected chi connectivity index (χ2v) is 7.33. The van der Waals surface area contributed by atoms with Crippen molar-refractivity contribution < 1.29 is 14.3 Å². The Balaban J connectivity index is 1.67. The first kappa shape index (κ1) is 21.4. The van der Waals surface area contributed by atoms with Crippen LogP contribution in [-0.2, 0) is 16.0 Å². The van der Waals surface area contributed by atoms with Gasteiger partial charge in [0.15, 0.2) is 0 Å². The number of hydrogen-bond donors (Lipinski definition) is 1. The Kier molecular flexibility index (Phi) is 7.45. The Morgan fingerprint density at radius 3 is 2.47 bits per heavy atom. The molecule has 1 atom stereocenters. The molecule has 1 saturated heterocycles. The van der Waals surface area contributed by atoms with Crippen molar-refractivity contribution in [1.29, 1.82) is 5.26 Å². The van der Waals surface area contributed by atoms with Gasteiger partial charge >= 0.3 is 5.97 Å². The van der Waals surface area contributed by atoms with Crippen LogP contribution in [0.4, 0.5) is 5.69 Å². The van der Waals surface area contributed by atoms with Crippen molar-refractivity contribution in [1.82, 2.24) is 5.32 Å². The number of carbonyl (C=O) groups excluding carboxylic acids is 2. The van der Waals surface area contributed by atoms with Crippen LogP contribution in [0.3, 0.4) is 0 Å². The summed E-state index contributed by atoms with van der Waals surface area (Å²) >= 11 is 0. The second kappa shape index (κ2) is 10.4. The first-order valence-corrected chi connectivity index (χ1v) is 10.4. The van der Waals surface area contributed by atoms with Gasteiger partial charge in [-0.05, 0) is 49.9 Å². The van der Waals surface area contributed by atoms with Gasteiger partial charge in [0.2, 0.25) is 5.91 Å². The molecule has 1 heterocycles. The molecule has 6 heteroatoms. The van der Waals surface area contributed by atoms with Gasteiger partial charge in [0, 0.05) is 24.3 Å². The van der Waals surface area contributed by atoms with E-state index in [1.807, 2.05) is 24.3 Å². The van der Waals surface area contributed by atoms with Crippen LogP contribution in [0.2, 0.25) is 0 Å². The van der Waals surface area contributed by atoms with Crippen molar-refractivity contribution in [2.45, 2.75) is 38.6 Å². The molecule has 2 aromatic rings. The lowest BCUT2D eigenvalue weighted by atomic mass is 10.0. The van der Waals surface area contributed by atoms with Crippen LogP contribution in [0, 0.1) is 11.3 Å². The van der Waals surface area contributed by atoms with Crippen LogP contribution in [0.15, 0.2) is 48.5 Å². The van der Waals surface area contributed by atoms with E-state index in [0.717, 1.165) is 42.7 Å². The van der Waals surface area contributed by atoms with Crippen molar-refractivity contribution in [3.63, 3.8) is 0 Å². The molecule has 1 fully saturated rings. The van der Waals surface area contributed by atoms with Gasteiger partial charge in [-0.25, -0.2) is 4.79 Å². The van der Waals surface area contributed by atoms with Gasteiger partial charge in [-0.1, -0.05) is 30.3 Å². The summed E-state index contributed by atoms with van der Waals surface area (Å²) in [5.41, 5.74) is 3.06. The predicted octanol–water partition coefficient (Wildman–Crippen LogP) is 3.78. The number of benzene rings is 2. The number of anilines is 1. The fourth-order valence-electron chi connectivity index (χ4n) is 3.70. The van der Waals surface area contributed by atoms with E-state index >= 15 is 0 Å². The highest BCUT2D eigenvalue weighted by molar-refractivity contribution is 5.89. The van der Waals surface area contributed by atoms with Crippen LogP contribution >= 0.6 is 0 Å². The summed E-state index contributed by atoms with van der Waals surface area (Å²) in [7, 11) is 0. The molecule has 3 rings (SSSR count). The number of para-hydroxylation sites is 1. The number of hydrogen-bond acceptors (Lipinski definition) is 5. The van der Waals surface area contributed by atoms with Crippen molar-refractivity contribution in [3.8, 4) is 6.07 Å². The summed E-state index contributed by atoms with van der Waals surface area (Å²) < 4.78 is 4.97. The molecule has 0 aromatic heterocycles. The van der Waals surface area contributed by atoms with E-state index in [1.165, 1.54) is 6.42 Å². The molecule has 0 aliphatic carbocycles. The molecular weight excluding hydrogens is 378 g/mol. The molecule has 156 valence electrons. The molecule has 1 N–H and O–H groups in total. The molecular formula is C24H27N3O3. The molecule has 6 nitrogen and oxygen atoms in total. The van der Waals surface area contributed by atoms with E-state index in [1.54, 1.807) is 31.2 Å². The average Bonchev–Trinajstić information content (AvgIpc) is 2.79. The smallest absolute Gasteiger partial charge is 0.338 e. The van der Waals surface area contributed by atoms with Crippen molar-refractivity contribution >= 4 is 17.6 Å². The maximum atomic E-state index is 12.6. The van der Waals surface area contributed by atoms with Gasteiger partial charge in [0.05, 0.1) is 24.7 Å². The highest BCUT2D eigenvalue weighted by Gasteiger charge is 2.21. The SMILES string of the molecule is CCOC(=O)c1ccc(CC(=O)NC(C#N)c2ccccc2N2CCCCC2)cc1. The van der Waals surface area contributed by atoms with E-state index in [0.29, 0.717) is 12.2 Å². The number of amides is 1. The number of esters is 1. The van der Waals surface area contributed by atoms with Gasteiger partial charge < -0.3 is 15.0 Å². The third-order valence-corrected chi connectivity index (χ3v) is 5.21. The molecule has 30 heavy (non-hydrogen) atoms. The van der Waals surface area contributed by atoms with Gasteiger partial charge in [-0.2, -0.15) is 5.26 Å². The standard InChI is InChI=1S/C24H27N3O3/c1-2-30-24(29)19-12-10-18(11-13-19)16-23(28)26-21(17-25)20-8-4-5-9-22(20)27-14-6-3-7-15-27/h4-5,8-13,21H,2-3,6-7,14-16H2,1H3,(H,26,28). The Morgan fingerprint density at radius 2 is 1.80 bits per heavy atom. The molecule has 0 bridgehead atoms. The van der Waals surface area contributed by atoms with E-state index in [2.05, 4.69) is 16.3 Å². The number of nitrogens with one attached hydrogen (secondary N) is 1. The van der Waals surface area contributed by atoms with Crippen LogP contribution in [0.25, 0.3) is 0 Å². The summed E-state index contributed by atoms with van der Waals surface area (Å²) in [4.78, 5) is 26.6. The summed E-state index contributed by atoms with van der Waals surface area (Å²) in [5, 5.41) is 12.6. The normalized spacial score (nSPS) is 14.5. The van der Waals surface area contributed by atoms with E-state index in [4.69, 9.17) is 4.74 Å². The third-order valence-electron chi connectivity index (χ3n) is 5.21. The fraction of sp³-hybridized carbons (Fsp3) is 0.375. The van der Waals surface area contributed by atoms with Crippen LogP contribution in [0.1, 0.15) is 53.7 Å². The number of nitriles is 1. The van der Waals surface area contributed by atoms with E-state index in [9.17, 15) is 14.9 Å². The Labute approximate surface area is 177 Å². The zero-order valence-corrected chi connectivity index (χ0v) is 17.3. The zero-order valence-electron chi connectivity index (χ0n) is 17.3.